The molecule has 2 N–H and O–H groups in total. The van der Waals surface area contributed by atoms with Crippen molar-refractivity contribution < 1.29 is 4.79 Å². The lowest BCUT2D eigenvalue weighted by atomic mass is 9.95. The van der Waals surface area contributed by atoms with E-state index < -0.39 is 0 Å². The number of hydrogen-bond acceptors (Lipinski definition) is 2. The Morgan fingerprint density at radius 3 is 2.66 bits per heavy atom. The lowest BCUT2D eigenvalue weighted by molar-refractivity contribution is 0.0939. The molecule has 150 valence electrons. The number of rotatable bonds is 4. The molecule has 0 saturated carbocycles. The maximum Gasteiger partial charge on any atom is 0.252 e. The fourth-order valence-electron chi connectivity index (χ4n) is 3.93. The van der Waals surface area contributed by atoms with Crippen molar-refractivity contribution in [2.45, 2.75) is 26.3 Å². The van der Waals surface area contributed by atoms with Crippen molar-refractivity contribution in [3.05, 3.63) is 89.0 Å². The Kier molecular flexibility index (Phi) is 6.73. The lowest BCUT2D eigenvalue weighted by Gasteiger charge is -2.19. The Morgan fingerprint density at radius 2 is 1.86 bits per heavy atom. The highest BCUT2D eigenvalue weighted by molar-refractivity contribution is 5.97. The molecule has 3 nitrogen and oxygen atoms in total. The predicted octanol–water partition coefficient (Wildman–Crippen LogP) is 5.44. The molecule has 1 aliphatic rings. The first-order valence-corrected chi connectivity index (χ1v) is 9.93. The summed E-state index contributed by atoms with van der Waals surface area (Å²) in [5.41, 5.74) is 5.36. The minimum atomic E-state index is -0.0697. The van der Waals surface area contributed by atoms with Crippen LogP contribution in [0.5, 0.6) is 0 Å². The first-order valence-electron chi connectivity index (χ1n) is 9.93. The van der Waals surface area contributed by atoms with Crippen LogP contribution in [0.3, 0.4) is 0 Å². The fraction of sp³-hybridized carbons (Fsp3) is 0.240. The van der Waals surface area contributed by atoms with E-state index in [4.69, 9.17) is 0 Å². The summed E-state index contributed by atoms with van der Waals surface area (Å²) in [4.78, 5) is 13.1. The molecule has 29 heavy (non-hydrogen) atoms. The second kappa shape index (κ2) is 9.25. The van der Waals surface area contributed by atoms with Gasteiger partial charge < -0.3 is 10.6 Å². The normalized spacial score (nSPS) is 14.6. The van der Waals surface area contributed by atoms with Gasteiger partial charge in [0.25, 0.3) is 5.91 Å². The highest BCUT2D eigenvalue weighted by atomic mass is 35.5. The maximum atomic E-state index is 13.1. The zero-order valence-corrected chi connectivity index (χ0v) is 17.7. The van der Waals surface area contributed by atoms with Gasteiger partial charge in [-0.25, -0.2) is 0 Å². The predicted molar refractivity (Wildman–Crippen MR) is 124 cm³/mol. The number of carbonyl (C=O) groups is 1. The van der Waals surface area contributed by atoms with Crippen molar-refractivity contribution in [2.24, 2.45) is 0 Å². The van der Waals surface area contributed by atoms with Gasteiger partial charge in [0.05, 0.1) is 6.04 Å². The number of fused-ring (bicyclic) bond motifs is 1. The van der Waals surface area contributed by atoms with E-state index in [0.717, 1.165) is 41.8 Å². The summed E-state index contributed by atoms with van der Waals surface area (Å²) in [5, 5.41) is 8.92. The highest BCUT2D eigenvalue weighted by Crippen LogP contribution is 2.26. The van der Waals surface area contributed by atoms with Gasteiger partial charge in [0.1, 0.15) is 0 Å². The molecule has 0 unspecified atom stereocenters. The number of carbonyl (C=O) groups excluding carboxylic acids is 1. The first-order chi connectivity index (χ1) is 13.6. The van der Waals surface area contributed by atoms with E-state index in [1.165, 1.54) is 16.3 Å². The van der Waals surface area contributed by atoms with Crippen LogP contribution in [0.1, 0.15) is 46.4 Å². The summed E-state index contributed by atoms with van der Waals surface area (Å²) in [5.74, 6) is -0.0191. The smallest absolute Gasteiger partial charge is 0.252 e. The van der Waals surface area contributed by atoms with Crippen molar-refractivity contribution >= 4 is 34.7 Å². The van der Waals surface area contributed by atoms with E-state index in [-0.39, 0.29) is 24.4 Å². The van der Waals surface area contributed by atoms with Crippen LogP contribution in [-0.2, 0) is 0 Å². The Hall–Kier alpha value is -2.62. The van der Waals surface area contributed by atoms with Gasteiger partial charge in [-0.1, -0.05) is 60.7 Å². The Bertz CT molecular complexity index is 1050. The third-order valence-electron chi connectivity index (χ3n) is 5.55. The standard InChI is InChI=1S/C25H26N2O.ClH/c1-17-10-11-21(19-12-14-26-15-13-19)16-24(17)25(28)27-18(2)22-9-5-7-20-6-3-4-8-23(20)22;/h3-12,16,18,26H,13-15H2,1-2H3,(H,27,28);1H/t18-;/m1./s1. The average molecular weight is 407 g/mol. The molecular weight excluding hydrogens is 380 g/mol. The number of benzene rings is 3. The lowest BCUT2D eigenvalue weighted by Crippen LogP contribution is -2.27. The molecule has 0 aliphatic carbocycles. The first kappa shape index (κ1) is 21.1. The maximum absolute atomic E-state index is 13.1. The van der Waals surface area contributed by atoms with Gasteiger partial charge >= 0.3 is 0 Å². The molecule has 3 aromatic rings. The third kappa shape index (κ3) is 4.52. The zero-order valence-electron chi connectivity index (χ0n) is 16.9. The summed E-state index contributed by atoms with van der Waals surface area (Å²) in [6.45, 7) is 5.93. The van der Waals surface area contributed by atoms with Crippen LogP contribution in [0, 0.1) is 6.92 Å². The highest BCUT2D eigenvalue weighted by Gasteiger charge is 2.16. The molecule has 0 saturated heterocycles. The van der Waals surface area contributed by atoms with Gasteiger partial charge in [-0.2, -0.15) is 0 Å². The van der Waals surface area contributed by atoms with Crippen molar-refractivity contribution in [2.75, 3.05) is 13.1 Å². The van der Waals surface area contributed by atoms with Crippen molar-refractivity contribution in [3.8, 4) is 0 Å². The quantitative estimate of drug-likeness (QED) is 0.605. The Morgan fingerprint density at radius 1 is 1.07 bits per heavy atom. The zero-order chi connectivity index (χ0) is 19.5. The van der Waals surface area contributed by atoms with Crippen LogP contribution in [0.2, 0.25) is 0 Å². The summed E-state index contributed by atoms with van der Waals surface area (Å²) in [6.07, 6.45) is 3.21. The van der Waals surface area contributed by atoms with E-state index in [9.17, 15) is 4.79 Å². The number of amides is 1. The van der Waals surface area contributed by atoms with Crippen LogP contribution < -0.4 is 10.6 Å². The Labute approximate surface area is 178 Å². The summed E-state index contributed by atoms with van der Waals surface area (Å²) in [6, 6.07) is 20.7. The summed E-state index contributed by atoms with van der Waals surface area (Å²) >= 11 is 0. The third-order valence-corrected chi connectivity index (χ3v) is 5.55. The average Bonchev–Trinajstić information content (AvgIpc) is 2.74. The minimum absolute atomic E-state index is 0. The van der Waals surface area contributed by atoms with E-state index >= 15 is 0 Å². The van der Waals surface area contributed by atoms with E-state index in [0.29, 0.717) is 0 Å². The topological polar surface area (TPSA) is 41.1 Å². The number of aryl methyl sites for hydroxylation is 1. The summed E-state index contributed by atoms with van der Waals surface area (Å²) < 4.78 is 0. The van der Waals surface area contributed by atoms with Gasteiger partial charge in [0.2, 0.25) is 0 Å². The second-order valence-electron chi connectivity index (χ2n) is 7.48. The molecule has 4 heteroatoms. The number of halogens is 1. The molecule has 0 bridgehead atoms. The number of hydrogen-bond donors (Lipinski definition) is 2. The molecular formula is C25H27ClN2O. The Balaban J connectivity index is 0.00000240. The molecule has 1 aliphatic heterocycles. The molecule has 3 aromatic carbocycles. The molecule has 0 fully saturated rings. The molecule has 1 atom stereocenters. The van der Waals surface area contributed by atoms with Crippen LogP contribution in [0.25, 0.3) is 16.3 Å². The molecule has 4 rings (SSSR count). The van der Waals surface area contributed by atoms with Gasteiger partial charge in [0, 0.05) is 12.1 Å². The van der Waals surface area contributed by atoms with E-state index in [1.807, 2.05) is 32.0 Å². The van der Waals surface area contributed by atoms with Crippen molar-refractivity contribution in [1.29, 1.82) is 0 Å². The van der Waals surface area contributed by atoms with Crippen LogP contribution >= 0.6 is 12.4 Å². The van der Waals surface area contributed by atoms with E-state index in [1.54, 1.807) is 0 Å². The van der Waals surface area contributed by atoms with Gasteiger partial charge in [-0.15, -0.1) is 12.4 Å². The number of nitrogens with one attached hydrogen (secondary N) is 2. The summed E-state index contributed by atoms with van der Waals surface area (Å²) in [7, 11) is 0. The minimum Gasteiger partial charge on any atom is -0.345 e. The van der Waals surface area contributed by atoms with Crippen LogP contribution in [-0.4, -0.2) is 19.0 Å². The second-order valence-corrected chi connectivity index (χ2v) is 7.48. The molecule has 0 aromatic heterocycles. The van der Waals surface area contributed by atoms with Crippen LogP contribution in [0.15, 0.2) is 66.7 Å². The molecule has 1 heterocycles. The molecule has 0 radical (unpaired) electrons. The molecule has 0 spiro atoms. The monoisotopic (exact) mass is 406 g/mol. The van der Waals surface area contributed by atoms with Gasteiger partial charge in [-0.05, 0) is 65.9 Å². The molecule has 1 amide bonds. The largest absolute Gasteiger partial charge is 0.345 e. The fourth-order valence-corrected chi connectivity index (χ4v) is 3.93. The van der Waals surface area contributed by atoms with Crippen molar-refractivity contribution in [3.63, 3.8) is 0 Å². The van der Waals surface area contributed by atoms with Crippen LogP contribution in [0.4, 0.5) is 0 Å². The van der Waals surface area contributed by atoms with E-state index in [2.05, 4.69) is 59.2 Å². The van der Waals surface area contributed by atoms with Gasteiger partial charge in [-0.3, -0.25) is 4.79 Å². The van der Waals surface area contributed by atoms with Crippen molar-refractivity contribution in [1.82, 2.24) is 10.6 Å². The SMILES string of the molecule is Cc1ccc(C2=CCNCC2)cc1C(=O)N[C@H](C)c1cccc2ccccc12.Cl. The van der Waals surface area contributed by atoms with Gasteiger partial charge in [0.15, 0.2) is 0 Å².